The largest absolute Gasteiger partial charge is 0.383 e. The molecule has 1 heterocycles. The van der Waals surface area contributed by atoms with Gasteiger partial charge in [0.2, 0.25) is 5.91 Å². The standard InChI is InChI=1S/C18H26N2O3S/c1-24-12-9-16(21)17(22)19-13-14-5-7-15(8-6-14)18(23)20-10-3-2-4-11-20/h5-8,16,21H,2-4,9-13H2,1H3,(H,19,22)/t16-/m0/s1. The number of aliphatic hydroxyl groups excluding tert-OH is 1. The van der Waals surface area contributed by atoms with Gasteiger partial charge in [0.05, 0.1) is 0 Å². The molecule has 0 bridgehead atoms. The topological polar surface area (TPSA) is 69.6 Å². The van der Waals surface area contributed by atoms with Gasteiger partial charge in [-0.25, -0.2) is 0 Å². The number of rotatable bonds is 7. The van der Waals surface area contributed by atoms with Crippen molar-refractivity contribution in [1.82, 2.24) is 10.2 Å². The van der Waals surface area contributed by atoms with Crippen LogP contribution < -0.4 is 5.32 Å². The van der Waals surface area contributed by atoms with Gasteiger partial charge in [0, 0.05) is 25.2 Å². The van der Waals surface area contributed by atoms with Crippen LogP contribution in [0, 0.1) is 0 Å². The lowest BCUT2D eigenvalue weighted by Crippen LogP contribution is -2.35. The Kier molecular flexibility index (Phi) is 7.59. The first-order chi connectivity index (χ1) is 11.6. The summed E-state index contributed by atoms with van der Waals surface area (Å²) in [6.45, 7) is 2.03. The van der Waals surface area contributed by atoms with E-state index in [2.05, 4.69) is 5.32 Å². The molecule has 1 aliphatic heterocycles. The summed E-state index contributed by atoms with van der Waals surface area (Å²) in [4.78, 5) is 26.1. The molecule has 1 fully saturated rings. The highest BCUT2D eigenvalue weighted by atomic mass is 32.2. The molecule has 0 radical (unpaired) electrons. The van der Waals surface area contributed by atoms with Gasteiger partial charge in [0.1, 0.15) is 6.10 Å². The summed E-state index contributed by atoms with van der Waals surface area (Å²) in [5, 5.41) is 12.4. The monoisotopic (exact) mass is 350 g/mol. The van der Waals surface area contributed by atoms with Crippen LogP contribution in [-0.2, 0) is 11.3 Å². The van der Waals surface area contributed by atoms with Gasteiger partial charge in [-0.05, 0) is 55.4 Å². The summed E-state index contributed by atoms with van der Waals surface area (Å²) in [5.74, 6) is 0.484. The number of nitrogens with zero attached hydrogens (tertiary/aromatic N) is 1. The van der Waals surface area contributed by atoms with Crippen molar-refractivity contribution in [1.29, 1.82) is 0 Å². The molecule has 24 heavy (non-hydrogen) atoms. The number of aliphatic hydroxyl groups is 1. The zero-order valence-electron chi connectivity index (χ0n) is 14.2. The summed E-state index contributed by atoms with van der Waals surface area (Å²) in [5.41, 5.74) is 1.60. The molecule has 1 aliphatic rings. The van der Waals surface area contributed by atoms with E-state index in [-0.39, 0.29) is 11.8 Å². The fourth-order valence-electron chi connectivity index (χ4n) is 2.71. The minimum absolute atomic E-state index is 0.0813. The lowest BCUT2D eigenvalue weighted by atomic mass is 10.1. The first kappa shape index (κ1) is 18.8. The second kappa shape index (κ2) is 9.69. The minimum Gasteiger partial charge on any atom is -0.383 e. The summed E-state index contributed by atoms with van der Waals surface area (Å²) < 4.78 is 0. The average Bonchev–Trinajstić information content (AvgIpc) is 2.64. The van der Waals surface area contributed by atoms with Crippen LogP contribution in [0.3, 0.4) is 0 Å². The van der Waals surface area contributed by atoms with E-state index in [1.54, 1.807) is 11.8 Å². The number of hydrogen-bond donors (Lipinski definition) is 2. The zero-order valence-corrected chi connectivity index (χ0v) is 15.0. The van der Waals surface area contributed by atoms with Crippen molar-refractivity contribution in [2.45, 2.75) is 38.3 Å². The number of amides is 2. The molecule has 0 spiro atoms. The third-order valence-electron chi connectivity index (χ3n) is 4.21. The van der Waals surface area contributed by atoms with Crippen molar-refractivity contribution in [3.05, 3.63) is 35.4 Å². The first-order valence-electron chi connectivity index (χ1n) is 8.44. The van der Waals surface area contributed by atoms with E-state index in [1.807, 2.05) is 35.4 Å². The molecule has 5 nitrogen and oxygen atoms in total. The first-order valence-corrected chi connectivity index (χ1v) is 9.84. The molecule has 2 N–H and O–H groups in total. The smallest absolute Gasteiger partial charge is 0.253 e. The van der Waals surface area contributed by atoms with E-state index in [4.69, 9.17) is 0 Å². The molecule has 1 aromatic carbocycles. The van der Waals surface area contributed by atoms with E-state index < -0.39 is 6.10 Å². The zero-order chi connectivity index (χ0) is 17.4. The maximum absolute atomic E-state index is 12.4. The Morgan fingerprint density at radius 1 is 1.21 bits per heavy atom. The molecule has 132 valence electrons. The third kappa shape index (κ3) is 5.53. The Hall–Kier alpha value is -1.53. The van der Waals surface area contributed by atoms with Gasteiger partial charge in [0.25, 0.3) is 5.91 Å². The van der Waals surface area contributed by atoms with Gasteiger partial charge < -0.3 is 15.3 Å². The molecule has 2 rings (SSSR count). The van der Waals surface area contributed by atoms with Gasteiger partial charge in [-0.1, -0.05) is 12.1 Å². The van der Waals surface area contributed by atoms with Crippen molar-refractivity contribution < 1.29 is 14.7 Å². The van der Waals surface area contributed by atoms with Crippen molar-refractivity contribution in [2.75, 3.05) is 25.1 Å². The molecule has 0 saturated carbocycles. The maximum atomic E-state index is 12.4. The highest BCUT2D eigenvalue weighted by Gasteiger charge is 2.18. The maximum Gasteiger partial charge on any atom is 0.253 e. The van der Waals surface area contributed by atoms with Gasteiger partial charge in [-0.3, -0.25) is 9.59 Å². The van der Waals surface area contributed by atoms with Crippen molar-refractivity contribution >= 4 is 23.6 Å². The highest BCUT2D eigenvalue weighted by molar-refractivity contribution is 7.98. The Morgan fingerprint density at radius 2 is 1.88 bits per heavy atom. The Bertz CT molecular complexity index is 542. The van der Waals surface area contributed by atoms with Crippen LogP contribution in [0.25, 0.3) is 0 Å². The van der Waals surface area contributed by atoms with Gasteiger partial charge in [-0.15, -0.1) is 0 Å². The third-order valence-corrected chi connectivity index (χ3v) is 4.85. The number of nitrogens with one attached hydrogen (secondary N) is 1. The Morgan fingerprint density at radius 3 is 2.50 bits per heavy atom. The number of likely N-dealkylation sites (tertiary alicyclic amines) is 1. The second-order valence-corrected chi connectivity index (χ2v) is 7.05. The summed E-state index contributed by atoms with van der Waals surface area (Å²) in [6.07, 6.45) is 4.79. The molecule has 0 aliphatic carbocycles. The van der Waals surface area contributed by atoms with Crippen LogP contribution in [0.5, 0.6) is 0 Å². The van der Waals surface area contributed by atoms with E-state index in [0.717, 1.165) is 37.2 Å². The van der Waals surface area contributed by atoms with Crippen molar-refractivity contribution in [3.8, 4) is 0 Å². The molecule has 2 amide bonds. The predicted molar refractivity (Wildman–Crippen MR) is 97.0 cm³/mol. The molecule has 0 unspecified atom stereocenters. The van der Waals surface area contributed by atoms with Crippen LogP contribution in [0.2, 0.25) is 0 Å². The molecule has 1 atom stereocenters. The Labute approximate surface area is 147 Å². The van der Waals surface area contributed by atoms with E-state index in [1.165, 1.54) is 6.42 Å². The van der Waals surface area contributed by atoms with Crippen molar-refractivity contribution in [2.24, 2.45) is 0 Å². The quantitative estimate of drug-likeness (QED) is 0.790. The average molecular weight is 350 g/mol. The van der Waals surface area contributed by atoms with E-state index >= 15 is 0 Å². The van der Waals surface area contributed by atoms with E-state index in [9.17, 15) is 14.7 Å². The molecule has 1 aromatic rings. The molecule has 6 heteroatoms. The molecule has 0 aromatic heterocycles. The highest BCUT2D eigenvalue weighted by Crippen LogP contribution is 2.14. The van der Waals surface area contributed by atoms with Crippen LogP contribution in [-0.4, -0.2) is 53.0 Å². The van der Waals surface area contributed by atoms with Gasteiger partial charge in [-0.2, -0.15) is 11.8 Å². The normalized spacial score (nSPS) is 15.8. The fraction of sp³-hybridized carbons (Fsp3) is 0.556. The van der Waals surface area contributed by atoms with Crippen LogP contribution >= 0.6 is 11.8 Å². The summed E-state index contributed by atoms with van der Waals surface area (Å²) in [6, 6.07) is 7.32. The summed E-state index contributed by atoms with van der Waals surface area (Å²) in [7, 11) is 0. The minimum atomic E-state index is -0.961. The fourth-order valence-corrected chi connectivity index (χ4v) is 3.17. The van der Waals surface area contributed by atoms with Crippen LogP contribution in [0.4, 0.5) is 0 Å². The van der Waals surface area contributed by atoms with Crippen molar-refractivity contribution in [3.63, 3.8) is 0 Å². The molecular formula is C18H26N2O3S. The Balaban J connectivity index is 1.83. The SMILES string of the molecule is CSCC[C@H](O)C(=O)NCc1ccc(C(=O)N2CCCCC2)cc1. The number of carbonyl (C=O) groups excluding carboxylic acids is 2. The van der Waals surface area contributed by atoms with Gasteiger partial charge >= 0.3 is 0 Å². The predicted octanol–water partition coefficient (Wildman–Crippen LogP) is 2.04. The number of carbonyl (C=O) groups is 2. The molecule has 1 saturated heterocycles. The number of piperidine rings is 1. The number of hydrogen-bond acceptors (Lipinski definition) is 4. The lowest BCUT2D eigenvalue weighted by molar-refractivity contribution is -0.129. The van der Waals surface area contributed by atoms with Crippen LogP contribution in [0.1, 0.15) is 41.6 Å². The second-order valence-electron chi connectivity index (χ2n) is 6.06. The van der Waals surface area contributed by atoms with Crippen LogP contribution in [0.15, 0.2) is 24.3 Å². The summed E-state index contributed by atoms with van der Waals surface area (Å²) >= 11 is 1.60. The molecular weight excluding hydrogens is 324 g/mol. The lowest BCUT2D eigenvalue weighted by Gasteiger charge is -2.26. The number of benzene rings is 1. The van der Waals surface area contributed by atoms with Gasteiger partial charge in [0.15, 0.2) is 0 Å². The van der Waals surface area contributed by atoms with E-state index in [0.29, 0.717) is 18.5 Å². The number of thioether (sulfide) groups is 1.